The molecule has 1 N–H and O–H groups in total. The number of hydrogen-bond acceptors (Lipinski definition) is 2. The molecule has 0 amide bonds. The predicted octanol–water partition coefficient (Wildman–Crippen LogP) is 3.34. The van der Waals surface area contributed by atoms with E-state index >= 15 is 0 Å². The first-order chi connectivity index (χ1) is 8.69. The highest BCUT2D eigenvalue weighted by Gasteiger charge is 2.45. The van der Waals surface area contributed by atoms with E-state index in [1.165, 1.54) is 70.0 Å². The number of likely N-dealkylation sites (tertiary alicyclic amines) is 1. The maximum atomic E-state index is 4.07. The molecule has 1 heterocycles. The molecule has 0 spiro atoms. The Labute approximate surface area is 113 Å². The molecule has 0 aromatic carbocycles. The molecule has 2 fully saturated rings. The van der Waals surface area contributed by atoms with Gasteiger partial charge in [-0.3, -0.25) is 4.90 Å². The summed E-state index contributed by atoms with van der Waals surface area (Å²) >= 11 is 0. The molecular weight excluding hydrogens is 220 g/mol. The molecule has 1 aliphatic heterocycles. The fraction of sp³-hybridized carbons (Fsp3) is 0.875. The van der Waals surface area contributed by atoms with Gasteiger partial charge in [0.15, 0.2) is 0 Å². The van der Waals surface area contributed by atoms with Crippen LogP contribution < -0.4 is 5.32 Å². The molecule has 1 saturated heterocycles. The van der Waals surface area contributed by atoms with E-state index in [4.69, 9.17) is 0 Å². The van der Waals surface area contributed by atoms with Crippen LogP contribution in [0.5, 0.6) is 0 Å². The second kappa shape index (κ2) is 6.21. The molecule has 2 heteroatoms. The largest absolute Gasteiger partial charge is 0.315 e. The second-order valence-corrected chi connectivity index (χ2v) is 6.34. The number of hydrogen-bond donors (Lipinski definition) is 1. The van der Waals surface area contributed by atoms with Gasteiger partial charge in [0.1, 0.15) is 0 Å². The van der Waals surface area contributed by atoms with Gasteiger partial charge in [-0.05, 0) is 65.6 Å². The second-order valence-electron chi connectivity index (χ2n) is 6.34. The Balaban J connectivity index is 2.08. The van der Waals surface area contributed by atoms with Gasteiger partial charge in [0, 0.05) is 11.6 Å². The zero-order chi connectivity index (χ0) is 13.0. The molecule has 0 aromatic rings. The van der Waals surface area contributed by atoms with Crippen molar-refractivity contribution in [2.75, 3.05) is 20.1 Å². The number of likely N-dealkylation sites (N-methyl/N-ethyl adjacent to an activating group) is 1. The minimum Gasteiger partial charge on any atom is -0.315 e. The van der Waals surface area contributed by atoms with Crippen LogP contribution in [0.1, 0.15) is 58.3 Å². The minimum atomic E-state index is 0.459. The molecule has 0 radical (unpaired) electrons. The molecule has 2 aliphatic rings. The summed E-state index contributed by atoms with van der Waals surface area (Å²) in [6.45, 7) is 8.87. The fourth-order valence-corrected chi connectivity index (χ4v) is 4.11. The summed E-state index contributed by atoms with van der Waals surface area (Å²) in [5.41, 5.74) is 1.78. The zero-order valence-corrected chi connectivity index (χ0v) is 12.3. The van der Waals surface area contributed by atoms with E-state index in [9.17, 15) is 0 Å². The molecule has 1 unspecified atom stereocenters. The first-order valence-electron chi connectivity index (χ1n) is 7.76. The third kappa shape index (κ3) is 2.80. The quantitative estimate of drug-likeness (QED) is 0.727. The van der Waals surface area contributed by atoms with E-state index in [0.29, 0.717) is 11.6 Å². The van der Waals surface area contributed by atoms with Crippen LogP contribution in [0.2, 0.25) is 0 Å². The normalized spacial score (nSPS) is 25.4. The summed E-state index contributed by atoms with van der Waals surface area (Å²) in [5, 5.41) is 3.63. The SMILES string of the molecule is C=C(C)CCC(NC)C1(N2CCCC2)CCCC1. The highest BCUT2D eigenvalue weighted by atomic mass is 15.2. The lowest BCUT2D eigenvalue weighted by atomic mass is 9.83. The average Bonchev–Trinajstić information content (AvgIpc) is 3.00. The molecule has 104 valence electrons. The number of nitrogens with zero attached hydrogens (tertiary/aromatic N) is 1. The van der Waals surface area contributed by atoms with E-state index in [1.807, 2.05) is 0 Å². The van der Waals surface area contributed by atoms with Gasteiger partial charge in [-0.1, -0.05) is 18.4 Å². The maximum absolute atomic E-state index is 4.07. The first kappa shape index (κ1) is 14.1. The molecule has 0 bridgehead atoms. The van der Waals surface area contributed by atoms with Crippen LogP contribution in [0.25, 0.3) is 0 Å². The Morgan fingerprint density at radius 2 is 1.83 bits per heavy atom. The van der Waals surface area contributed by atoms with E-state index < -0.39 is 0 Å². The zero-order valence-electron chi connectivity index (χ0n) is 12.3. The van der Waals surface area contributed by atoms with Crippen molar-refractivity contribution in [1.29, 1.82) is 0 Å². The molecule has 2 nitrogen and oxygen atoms in total. The lowest BCUT2D eigenvalue weighted by Gasteiger charge is -2.45. The van der Waals surface area contributed by atoms with Gasteiger partial charge in [0.2, 0.25) is 0 Å². The van der Waals surface area contributed by atoms with E-state index in [-0.39, 0.29) is 0 Å². The van der Waals surface area contributed by atoms with E-state index in [1.54, 1.807) is 0 Å². The highest BCUT2D eigenvalue weighted by molar-refractivity contribution is 5.05. The molecule has 18 heavy (non-hydrogen) atoms. The number of rotatable bonds is 6. The van der Waals surface area contributed by atoms with Crippen LogP contribution in [-0.4, -0.2) is 36.6 Å². The molecule has 2 rings (SSSR count). The molecule has 0 aromatic heterocycles. The van der Waals surface area contributed by atoms with Crippen molar-refractivity contribution in [1.82, 2.24) is 10.2 Å². The topological polar surface area (TPSA) is 15.3 Å². The van der Waals surface area contributed by atoms with E-state index in [2.05, 4.69) is 30.8 Å². The Bertz CT molecular complexity index is 273. The summed E-state index contributed by atoms with van der Waals surface area (Å²) in [7, 11) is 2.15. The van der Waals surface area contributed by atoms with Crippen LogP contribution >= 0.6 is 0 Å². The molecule has 1 atom stereocenters. The van der Waals surface area contributed by atoms with Crippen LogP contribution in [0, 0.1) is 0 Å². The van der Waals surface area contributed by atoms with Crippen molar-refractivity contribution in [2.45, 2.75) is 69.9 Å². The molecule has 1 saturated carbocycles. The van der Waals surface area contributed by atoms with Crippen LogP contribution in [0.15, 0.2) is 12.2 Å². The summed E-state index contributed by atoms with van der Waals surface area (Å²) < 4.78 is 0. The Kier molecular flexibility index (Phi) is 4.85. The number of nitrogens with one attached hydrogen (secondary N) is 1. The smallest absolute Gasteiger partial charge is 0.0362 e. The van der Waals surface area contributed by atoms with Crippen LogP contribution in [0.3, 0.4) is 0 Å². The van der Waals surface area contributed by atoms with Crippen LogP contribution in [0.4, 0.5) is 0 Å². The van der Waals surface area contributed by atoms with Crippen molar-refractivity contribution in [3.63, 3.8) is 0 Å². The third-order valence-corrected chi connectivity index (χ3v) is 5.06. The highest BCUT2D eigenvalue weighted by Crippen LogP contribution is 2.41. The van der Waals surface area contributed by atoms with Gasteiger partial charge in [0.05, 0.1) is 0 Å². The maximum Gasteiger partial charge on any atom is 0.0362 e. The number of allylic oxidation sites excluding steroid dienone is 1. The minimum absolute atomic E-state index is 0.459. The predicted molar refractivity (Wildman–Crippen MR) is 78.9 cm³/mol. The fourth-order valence-electron chi connectivity index (χ4n) is 4.11. The van der Waals surface area contributed by atoms with Gasteiger partial charge in [0.25, 0.3) is 0 Å². The Morgan fingerprint density at radius 1 is 1.22 bits per heavy atom. The summed E-state index contributed by atoms with van der Waals surface area (Å²) in [4.78, 5) is 2.81. The standard InChI is InChI=1S/C16H30N2/c1-14(2)8-9-15(17-3)16(10-4-5-11-16)18-12-6-7-13-18/h15,17H,1,4-13H2,2-3H3. The van der Waals surface area contributed by atoms with Gasteiger partial charge < -0.3 is 5.32 Å². The van der Waals surface area contributed by atoms with Gasteiger partial charge in [-0.25, -0.2) is 0 Å². The molecular formula is C16H30N2. The third-order valence-electron chi connectivity index (χ3n) is 5.06. The van der Waals surface area contributed by atoms with Gasteiger partial charge >= 0.3 is 0 Å². The van der Waals surface area contributed by atoms with Gasteiger partial charge in [-0.15, -0.1) is 6.58 Å². The monoisotopic (exact) mass is 250 g/mol. The lowest BCUT2D eigenvalue weighted by molar-refractivity contribution is 0.0763. The van der Waals surface area contributed by atoms with Crippen molar-refractivity contribution >= 4 is 0 Å². The summed E-state index contributed by atoms with van der Waals surface area (Å²) in [6, 6.07) is 0.648. The summed E-state index contributed by atoms with van der Waals surface area (Å²) in [5.74, 6) is 0. The lowest BCUT2D eigenvalue weighted by Crippen LogP contribution is -2.58. The Hall–Kier alpha value is -0.340. The van der Waals surface area contributed by atoms with E-state index in [0.717, 1.165) is 0 Å². The summed E-state index contributed by atoms with van der Waals surface area (Å²) in [6.07, 6.45) is 10.9. The first-order valence-corrected chi connectivity index (χ1v) is 7.76. The Morgan fingerprint density at radius 3 is 2.33 bits per heavy atom. The molecule has 1 aliphatic carbocycles. The van der Waals surface area contributed by atoms with Crippen molar-refractivity contribution < 1.29 is 0 Å². The van der Waals surface area contributed by atoms with Crippen molar-refractivity contribution in [3.8, 4) is 0 Å². The van der Waals surface area contributed by atoms with Crippen molar-refractivity contribution in [2.24, 2.45) is 0 Å². The van der Waals surface area contributed by atoms with Gasteiger partial charge in [-0.2, -0.15) is 0 Å². The van der Waals surface area contributed by atoms with Crippen molar-refractivity contribution in [3.05, 3.63) is 12.2 Å². The average molecular weight is 250 g/mol. The van der Waals surface area contributed by atoms with Crippen LogP contribution in [-0.2, 0) is 0 Å².